The quantitative estimate of drug-likeness (QED) is 0.683. The predicted octanol–water partition coefficient (Wildman–Crippen LogP) is 2.23. The number of carbonyl (C=O) groups excluding carboxylic acids is 1. The Morgan fingerprint density at radius 2 is 2.15 bits per heavy atom. The number of nitrogens with one attached hydrogen (secondary N) is 2. The minimum Gasteiger partial charge on any atom is -0.493 e. The van der Waals surface area contributed by atoms with Crippen LogP contribution in [0, 0.1) is 5.82 Å². The van der Waals surface area contributed by atoms with Crippen LogP contribution in [0.25, 0.3) is 0 Å². The maximum absolute atomic E-state index is 13.5. The third-order valence-electron chi connectivity index (χ3n) is 2.78. The standard InChI is InChI=1S/C15H23FN2O2/c1-3-6-18-11-12-8-13(16)10-14(9-12)20-7-4-5-15(19)17-2/h8-10,18H,3-7,11H2,1-2H3,(H,17,19). The summed E-state index contributed by atoms with van der Waals surface area (Å²) < 4.78 is 18.9. The summed E-state index contributed by atoms with van der Waals surface area (Å²) >= 11 is 0. The van der Waals surface area contributed by atoms with E-state index in [1.54, 1.807) is 7.05 Å². The van der Waals surface area contributed by atoms with Crippen molar-refractivity contribution in [1.82, 2.24) is 10.6 Å². The molecule has 1 rings (SSSR count). The van der Waals surface area contributed by atoms with E-state index < -0.39 is 0 Å². The summed E-state index contributed by atoms with van der Waals surface area (Å²) in [7, 11) is 1.60. The van der Waals surface area contributed by atoms with Crippen molar-refractivity contribution in [2.24, 2.45) is 0 Å². The number of ether oxygens (including phenoxy) is 1. The van der Waals surface area contributed by atoms with Crippen LogP contribution in [0.1, 0.15) is 31.7 Å². The number of benzene rings is 1. The van der Waals surface area contributed by atoms with Gasteiger partial charge in [-0.1, -0.05) is 6.92 Å². The van der Waals surface area contributed by atoms with Gasteiger partial charge in [-0.3, -0.25) is 4.79 Å². The van der Waals surface area contributed by atoms with Crippen LogP contribution in [-0.2, 0) is 11.3 Å². The minimum atomic E-state index is -0.304. The number of halogens is 1. The topological polar surface area (TPSA) is 50.4 Å². The van der Waals surface area contributed by atoms with Crippen LogP contribution in [0.4, 0.5) is 4.39 Å². The molecule has 0 aliphatic heterocycles. The smallest absolute Gasteiger partial charge is 0.219 e. The van der Waals surface area contributed by atoms with Gasteiger partial charge in [-0.25, -0.2) is 4.39 Å². The number of hydrogen-bond acceptors (Lipinski definition) is 3. The zero-order valence-corrected chi connectivity index (χ0v) is 12.2. The Bertz CT molecular complexity index is 424. The van der Waals surface area contributed by atoms with Gasteiger partial charge in [0.1, 0.15) is 11.6 Å². The van der Waals surface area contributed by atoms with E-state index in [0.717, 1.165) is 18.5 Å². The lowest BCUT2D eigenvalue weighted by Gasteiger charge is -2.09. The Labute approximate surface area is 119 Å². The molecule has 0 atom stereocenters. The summed E-state index contributed by atoms with van der Waals surface area (Å²) in [5.41, 5.74) is 0.861. The summed E-state index contributed by atoms with van der Waals surface area (Å²) in [4.78, 5) is 11.0. The molecule has 0 fully saturated rings. The van der Waals surface area contributed by atoms with Crippen LogP contribution in [-0.4, -0.2) is 26.1 Å². The van der Waals surface area contributed by atoms with E-state index in [9.17, 15) is 9.18 Å². The van der Waals surface area contributed by atoms with Crippen molar-refractivity contribution in [3.8, 4) is 5.75 Å². The second-order valence-electron chi connectivity index (χ2n) is 4.60. The summed E-state index contributed by atoms with van der Waals surface area (Å²) in [5.74, 6) is 0.189. The van der Waals surface area contributed by atoms with Gasteiger partial charge in [0.15, 0.2) is 0 Å². The molecule has 0 spiro atoms. The first-order valence-corrected chi connectivity index (χ1v) is 6.99. The van der Waals surface area contributed by atoms with Gasteiger partial charge in [-0.15, -0.1) is 0 Å². The van der Waals surface area contributed by atoms with Gasteiger partial charge in [0.25, 0.3) is 0 Å². The molecule has 1 aromatic rings. The van der Waals surface area contributed by atoms with Gasteiger partial charge < -0.3 is 15.4 Å². The lowest BCUT2D eigenvalue weighted by Crippen LogP contribution is -2.18. The van der Waals surface area contributed by atoms with E-state index in [1.807, 2.05) is 6.07 Å². The number of amides is 1. The van der Waals surface area contributed by atoms with Crippen molar-refractivity contribution in [3.05, 3.63) is 29.6 Å². The monoisotopic (exact) mass is 282 g/mol. The lowest BCUT2D eigenvalue weighted by atomic mass is 10.2. The van der Waals surface area contributed by atoms with Crippen LogP contribution < -0.4 is 15.4 Å². The van der Waals surface area contributed by atoms with E-state index in [2.05, 4.69) is 17.6 Å². The molecule has 0 unspecified atom stereocenters. The molecule has 0 aliphatic carbocycles. The van der Waals surface area contributed by atoms with Crippen molar-refractivity contribution in [2.45, 2.75) is 32.7 Å². The fraction of sp³-hybridized carbons (Fsp3) is 0.533. The summed E-state index contributed by atoms with van der Waals surface area (Å²) in [5, 5.41) is 5.77. The third-order valence-corrected chi connectivity index (χ3v) is 2.78. The minimum absolute atomic E-state index is 0.0164. The average molecular weight is 282 g/mol. The molecule has 1 amide bonds. The van der Waals surface area contributed by atoms with Gasteiger partial charge >= 0.3 is 0 Å². The molecule has 0 aromatic heterocycles. The normalized spacial score (nSPS) is 10.3. The highest BCUT2D eigenvalue weighted by Gasteiger charge is 2.03. The summed E-state index contributed by atoms with van der Waals surface area (Å²) in [6, 6.07) is 4.69. The molecule has 0 aliphatic rings. The molecule has 1 aromatic carbocycles. The van der Waals surface area contributed by atoms with Crippen LogP contribution in [0.2, 0.25) is 0 Å². The molecule has 0 saturated heterocycles. The number of rotatable bonds is 9. The van der Waals surface area contributed by atoms with Gasteiger partial charge in [0.05, 0.1) is 6.61 Å². The summed E-state index contributed by atoms with van der Waals surface area (Å²) in [6.07, 6.45) is 2.06. The Kier molecular flexibility index (Phi) is 7.65. The molecule has 0 radical (unpaired) electrons. The molecule has 0 bridgehead atoms. The van der Waals surface area contributed by atoms with Crippen molar-refractivity contribution >= 4 is 5.91 Å². The molecule has 0 heterocycles. The van der Waals surface area contributed by atoms with E-state index in [-0.39, 0.29) is 11.7 Å². The van der Waals surface area contributed by atoms with Gasteiger partial charge in [0, 0.05) is 26.1 Å². The highest BCUT2D eigenvalue weighted by molar-refractivity contribution is 5.75. The molecular weight excluding hydrogens is 259 g/mol. The second kappa shape index (κ2) is 9.31. The van der Waals surface area contributed by atoms with Crippen molar-refractivity contribution in [2.75, 3.05) is 20.2 Å². The first-order chi connectivity index (χ1) is 9.65. The second-order valence-corrected chi connectivity index (χ2v) is 4.60. The van der Waals surface area contributed by atoms with Crippen molar-refractivity contribution < 1.29 is 13.9 Å². The van der Waals surface area contributed by atoms with E-state index in [1.165, 1.54) is 12.1 Å². The summed E-state index contributed by atoms with van der Waals surface area (Å²) in [6.45, 7) is 4.01. The average Bonchev–Trinajstić information content (AvgIpc) is 2.43. The largest absolute Gasteiger partial charge is 0.493 e. The van der Waals surface area contributed by atoms with Crippen LogP contribution in [0.3, 0.4) is 0 Å². The molecule has 2 N–H and O–H groups in total. The fourth-order valence-corrected chi connectivity index (χ4v) is 1.76. The van der Waals surface area contributed by atoms with Gasteiger partial charge in [-0.05, 0) is 37.1 Å². The van der Waals surface area contributed by atoms with Crippen LogP contribution in [0.5, 0.6) is 5.75 Å². The number of hydrogen-bond donors (Lipinski definition) is 2. The van der Waals surface area contributed by atoms with Gasteiger partial charge in [0.2, 0.25) is 5.91 Å². The SMILES string of the molecule is CCCNCc1cc(F)cc(OCCCC(=O)NC)c1. The first kappa shape index (κ1) is 16.4. The zero-order chi connectivity index (χ0) is 14.8. The molecule has 4 nitrogen and oxygen atoms in total. The van der Waals surface area contributed by atoms with E-state index in [0.29, 0.717) is 31.7 Å². The molecular formula is C15H23FN2O2. The van der Waals surface area contributed by atoms with E-state index in [4.69, 9.17) is 4.74 Å². The Balaban J connectivity index is 2.42. The molecule has 0 saturated carbocycles. The molecule has 5 heteroatoms. The lowest BCUT2D eigenvalue weighted by molar-refractivity contribution is -0.120. The highest BCUT2D eigenvalue weighted by Crippen LogP contribution is 2.17. The van der Waals surface area contributed by atoms with Crippen molar-refractivity contribution in [3.63, 3.8) is 0 Å². The first-order valence-electron chi connectivity index (χ1n) is 6.99. The molecule has 20 heavy (non-hydrogen) atoms. The maximum atomic E-state index is 13.5. The van der Waals surface area contributed by atoms with E-state index >= 15 is 0 Å². The van der Waals surface area contributed by atoms with Crippen LogP contribution >= 0.6 is 0 Å². The molecule has 112 valence electrons. The van der Waals surface area contributed by atoms with Crippen molar-refractivity contribution in [1.29, 1.82) is 0 Å². The predicted molar refractivity (Wildman–Crippen MR) is 77.2 cm³/mol. The van der Waals surface area contributed by atoms with Crippen LogP contribution in [0.15, 0.2) is 18.2 Å². The van der Waals surface area contributed by atoms with Gasteiger partial charge in [-0.2, -0.15) is 0 Å². The highest BCUT2D eigenvalue weighted by atomic mass is 19.1. The third kappa shape index (κ3) is 6.52. The number of carbonyl (C=O) groups is 1. The Morgan fingerprint density at radius 1 is 1.35 bits per heavy atom. The maximum Gasteiger partial charge on any atom is 0.219 e. The fourth-order valence-electron chi connectivity index (χ4n) is 1.76. The zero-order valence-electron chi connectivity index (χ0n) is 12.2. The Morgan fingerprint density at radius 3 is 2.85 bits per heavy atom. The Hall–Kier alpha value is -1.62.